The maximum absolute atomic E-state index is 12.2. The largest absolute Gasteiger partial charge is 0.495 e. The molecule has 0 bridgehead atoms. The molecule has 1 atom stereocenters. The van der Waals surface area contributed by atoms with Gasteiger partial charge < -0.3 is 15.8 Å². The highest BCUT2D eigenvalue weighted by molar-refractivity contribution is 6.32. The average Bonchev–Trinajstić information content (AvgIpc) is 2.49. The van der Waals surface area contributed by atoms with Gasteiger partial charge in [0.25, 0.3) is 0 Å². The van der Waals surface area contributed by atoms with Gasteiger partial charge in [-0.05, 0) is 50.6 Å². The topological polar surface area (TPSA) is 67.6 Å². The SMILES string of the molecule is COc1ccc(NC(=O)CN2CCCCC2CCN)cc1Cl.Cl. The second-order valence-corrected chi connectivity index (χ2v) is 6.00. The Morgan fingerprint density at radius 1 is 1.48 bits per heavy atom. The highest BCUT2D eigenvalue weighted by Gasteiger charge is 2.23. The first kappa shape index (κ1) is 20.0. The number of amides is 1. The van der Waals surface area contributed by atoms with E-state index in [1.165, 1.54) is 6.42 Å². The van der Waals surface area contributed by atoms with Gasteiger partial charge in [-0.3, -0.25) is 9.69 Å². The maximum atomic E-state index is 12.2. The second-order valence-electron chi connectivity index (χ2n) is 5.59. The average molecular weight is 362 g/mol. The molecule has 1 amide bonds. The summed E-state index contributed by atoms with van der Waals surface area (Å²) in [7, 11) is 1.56. The van der Waals surface area contributed by atoms with Crippen LogP contribution in [-0.4, -0.2) is 43.6 Å². The third-order valence-corrected chi connectivity index (χ3v) is 4.33. The van der Waals surface area contributed by atoms with Crippen molar-refractivity contribution in [3.63, 3.8) is 0 Å². The number of anilines is 1. The number of methoxy groups -OCH3 is 1. The van der Waals surface area contributed by atoms with Gasteiger partial charge in [0.2, 0.25) is 5.91 Å². The van der Waals surface area contributed by atoms with Crippen molar-refractivity contribution >= 4 is 35.6 Å². The molecule has 1 aliphatic heterocycles. The van der Waals surface area contributed by atoms with E-state index in [9.17, 15) is 4.79 Å². The lowest BCUT2D eigenvalue weighted by Gasteiger charge is -2.35. The number of piperidine rings is 1. The Hall–Kier alpha value is -1.01. The molecule has 1 unspecified atom stereocenters. The summed E-state index contributed by atoms with van der Waals surface area (Å²) in [5.74, 6) is 0.573. The monoisotopic (exact) mass is 361 g/mol. The minimum absolute atomic E-state index is 0. The van der Waals surface area contributed by atoms with E-state index in [0.717, 1.165) is 25.8 Å². The van der Waals surface area contributed by atoms with Crippen molar-refractivity contribution in [2.24, 2.45) is 5.73 Å². The normalized spacial score (nSPS) is 18.1. The molecular formula is C16H25Cl2N3O2. The standard InChI is InChI=1S/C16H24ClN3O2.ClH/c1-22-15-6-5-12(10-14(15)17)19-16(21)11-20-9-3-2-4-13(20)7-8-18;/h5-6,10,13H,2-4,7-9,11,18H2,1H3,(H,19,21);1H. The van der Waals surface area contributed by atoms with Crippen molar-refractivity contribution in [2.75, 3.05) is 32.1 Å². The van der Waals surface area contributed by atoms with Gasteiger partial charge in [-0.2, -0.15) is 0 Å². The first-order valence-corrected chi connectivity index (χ1v) is 8.09. The summed E-state index contributed by atoms with van der Waals surface area (Å²) in [5, 5.41) is 3.38. The molecule has 2 rings (SSSR count). The van der Waals surface area contributed by atoms with Crippen LogP contribution in [0.3, 0.4) is 0 Å². The Morgan fingerprint density at radius 2 is 2.26 bits per heavy atom. The van der Waals surface area contributed by atoms with Crippen LogP contribution in [0.5, 0.6) is 5.75 Å². The Bertz CT molecular complexity index is 512. The lowest BCUT2D eigenvalue weighted by atomic mass is 9.99. The summed E-state index contributed by atoms with van der Waals surface area (Å²) >= 11 is 6.07. The number of nitrogens with two attached hydrogens (primary N) is 1. The van der Waals surface area contributed by atoms with Gasteiger partial charge in [0.05, 0.1) is 18.7 Å². The van der Waals surface area contributed by atoms with Crippen LogP contribution in [0.25, 0.3) is 0 Å². The molecule has 0 aliphatic carbocycles. The number of rotatable bonds is 6. The first-order valence-electron chi connectivity index (χ1n) is 7.71. The van der Waals surface area contributed by atoms with Crippen molar-refractivity contribution in [3.8, 4) is 5.75 Å². The molecule has 1 aliphatic rings. The van der Waals surface area contributed by atoms with Crippen LogP contribution in [0.2, 0.25) is 5.02 Å². The van der Waals surface area contributed by atoms with Gasteiger partial charge in [0.15, 0.2) is 0 Å². The molecule has 130 valence electrons. The fourth-order valence-corrected chi connectivity index (χ4v) is 3.17. The molecule has 1 aromatic carbocycles. The molecule has 5 nitrogen and oxygen atoms in total. The molecule has 23 heavy (non-hydrogen) atoms. The number of carbonyl (C=O) groups is 1. The van der Waals surface area contributed by atoms with E-state index in [1.807, 2.05) is 0 Å². The minimum Gasteiger partial charge on any atom is -0.495 e. The first-order chi connectivity index (χ1) is 10.6. The molecule has 0 spiro atoms. The van der Waals surface area contributed by atoms with E-state index < -0.39 is 0 Å². The van der Waals surface area contributed by atoms with Crippen LogP contribution in [0, 0.1) is 0 Å². The minimum atomic E-state index is -0.0230. The van der Waals surface area contributed by atoms with Gasteiger partial charge in [-0.15, -0.1) is 12.4 Å². The number of hydrogen-bond donors (Lipinski definition) is 2. The Balaban J connectivity index is 0.00000264. The van der Waals surface area contributed by atoms with Crippen LogP contribution in [0.15, 0.2) is 18.2 Å². The molecule has 3 N–H and O–H groups in total. The molecule has 0 aromatic heterocycles. The van der Waals surface area contributed by atoms with Gasteiger partial charge in [0, 0.05) is 11.7 Å². The van der Waals surface area contributed by atoms with E-state index in [2.05, 4.69) is 10.2 Å². The number of ether oxygens (including phenoxy) is 1. The molecular weight excluding hydrogens is 337 g/mol. The number of likely N-dealkylation sites (tertiary alicyclic amines) is 1. The molecule has 1 aromatic rings. The van der Waals surface area contributed by atoms with E-state index in [-0.39, 0.29) is 18.3 Å². The lowest BCUT2D eigenvalue weighted by molar-refractivity contribution is -0.118. The third kappa shape index (κ3) is 5.84. The van der Waals surface area contributed by atoms with Crippen molar-refractivity contribution in [2.45, 2.75) is 31.7 Å². The molecule has 7 heteroatoms. The molecule has 0 radical (unpaired) electrons. The number of nitrogens with one attached hydrogen (secondary N) is 1. The molecule has 1 saturated heterocycles. The van der Waals surface area contributed by atoms with Crippen molar-refractivity contribution in [3.05, 3.63) is 23.2 Å². The van der Waals surface area contributed by atoms with Crippen molar-refractivity contribution in [1.29, 1.82) is 0 Å². The summed E-state index contributed by atoms with van der Waals surface area (Å²) in [6.07, 6.45) is 4.43. The van der Waals surface area contributed by atoms with Gasteiger partial charge in [-0.1, -0.05) is 18.0 Å². The number of nitrogens with zero attached hydrogens (tertiary/aromatic N) is 1. The molecule has 1 fully saturated rings. The zero-order chi connectivity index (χ0) is 15.9. The van der Waals surface area contributed by atoms with Gasteiger partial charge >= 0.3 is 0 Å². The zero-order valence-electron chi connectivity index (χ0n) is 13.4. The van der Waals surface area contributed by atoms with Crippen LogP contribution in [0.1, 0.15) is 25.7 Å². The van der Waals surface area contributed by atoms with Crippen molar-refractivity contribution in [1.82, 2.24) is 4.90 Å². The fourth-order valence-electron chi connectivity index (χ4n) is 2.92. The highest BCUT2D eigenvalue weighted by atomic mass is 35.5. The van der Waals surface area contributed by atoms with E-state index in [4.69, 9.17) is 22.1 Å². The zero-order valence-corrected chi connectivity index (χ0v) is 15.0. The number of halogens is 2. The van der Waals surface area contributed by atoms with E-state index in [1.54, 1.807) is 25.3 Å². The predicted octanol–water partition coefficient (Wildman–Crippen LogP) is 2.91. The van der Waals surface area contributed by atoms with Gasteiger partial charge in [-0.25, -0.2) is 0 Å². The highest BCUT2D eigenvalue weighted by Crippen LogP contribution is 2.27. The Kier molecular flexibility index (Phi) is 8.69. The van der Waals surface area contributed by atoms with Gasteiger partial charge in [0.1, 0.15) is 5.75 Å². The van der Waals surface area contributed by atoms with E-state index >= 15 is 0 Å². The summed E-state index contributed by atoms with van der Waals surface area (Å²) in [6, 6.07) is 5.65. The van der Waals surface area contributed by atoms with Crippen LogP contribution in [0.4, 0.5) is 5.69 Å². The number of hydrogen-bond acceptors (Lipinski definition) is 4. The predicted molar refractivity (Wildman–Crippen MR) is 96.8 cm³/mol. The summed E-state index contributed by atoms with van der Waals surface area (Å²) < 4.78 is 5.10. The summed E-state index contributed by atoms with van der Waals surface area (Å²) in [5.41, 5.74) is 6.35. The maximum Gasteiger partial charge on any atom is 0.238 e. The van der Waals surface area contributed by atoms with E-state index in [0.29, 0.717) is 35.6 Å². The Labute approximate surface area is 148 Å². The molecule has 1 heterocycles. The number of benzene rings is 1. The molecule has 0 saturated carbocycles. The smallest absolute Gasteiger partial charge is 0.238 e. The number of carbonyl (C=O) groups excluding carboxylic acids is 1. The fraction of sp³-hybridized carbons (Fsp3) is 0.562. The van der Waals surface area contributed by atoms with Crippen LogP contribution in [-0.2, 0) is 4.79 Å². The third-order valence-electron chi connectivity index (χ3n) is 4.03. The van der Waals surface area contributed by atoms with Crippen LogP contribution >= 0.6 is 24.0 Å². The van der Waals surface area contributed by atoms with Crippen LogP contribution < -0.4 is 15.8 Å². The second kappa shape index (κ2) is 9.98. The Morgan fingerprint density at radius 3 is 2.91 bits per heavy atom. The summed E-state index contributed by atoms with van der Waals surface area (Å²) in [4.78, 5) is 14.5. The quantitative estimate of drug-likeness (QED) is 0.817. The van der Waals surface area contributed by atoms with Crippen molar-refractivity contribution < 1.29 is 9.53 Å². The lowest BCUT2D eigenvalue weighted by Crippen LogP contribution is -2.44. The summed E-state index contributed by atoms with van der Waals surface area (Å²) in [6.45, 7) is 2.02.